The van der Waals surface area contributed by atoms with Crippen LogP contribution in [0.5, 0.6) is 0 Å². The van der Waals surface area contributed by atoms with Gasteiger partial charge in [0.15, 0.2) is 0 Å². The molecule has 1 aromatic carbocycles. The van der Waals surface area contributed by atoms with Crippen LogP contribution in [0.3, 0.4) is 0 Å². The summed E-state index contributed by atoms with van der Waals surface area (Å²) in [4.78, 5) is 19.5. The van der Waals surface area contributed by atoms with Crippen molar-refractivity contribution in [3.05, 3.63) is 41.3 Å². The average molecular weight is 357 g/mol. The molecule has 140 valence electrons. The Morgan fingerprint density at radius 2 is 2.15 bits per heavy atom. The first kappa shape index (κ1) is 18.8. The number of aryl methyl sites for hydroxylation is 1. The lowest BCUT2D eigenvalue weighted by Crippen LogP contribution is -2.55. The lowest BCUT2D eigenvalue weighted by molar-refractivity contribution is 0.0674. The maximum absolute atomic E-state index is 13.4. The fourth-order valence-corrected chi connectivity index (χ4v) is 4.16. The zero-order valence-corrected chi connectivity index (χ0v) is 16.1. The highest BCUT2D eigenvalue weighted by Gasteiger charge is 2.37. The Morgan fingerprint density at radius 3 is 2.85 bits per heavy atom. The van der Waals surface area contributed by atoms with Crippen molar-refractivity contribution in [3.63, 3.8) is 0 Å². The summed E-state index contributed by atoms with van der Waals surface area (Å²) in [6.45, 7) is 4.71. The number of rotatable bonds is 4. The molecule has 1 N–H and O–H groups in total. The van der Waals surface area contributed by atoms with E-state index in [0.717, 1.165) is 18.2 Å². The second kappa shape index (κ2) is 7.31. The molecule has 1 amide bonds. The number of pyridine rings is 1. The molecule has 1 fully saturated rings. The van der Waals surface area contributed by atoms with Crippen LogP contribution in [0, 0.1) is 18.7 Å². The van der Waals surface area contributed by atoms with Gasteiger partial charge in [-0.3, -0.25) is 9.78 Å². The van der Waals surface area contributed by atoms with Crippen LogP contribution in [0.1, 0.15) is 48.7 Å². The number of hydrogen-bond acceptors (Lipinski definition) is 3. The molecule has 0 unspecified atom stereocenters. The van der Waals surface area contributed by atoms with E-state index in [1.807, 2.05) is 0 Å². The molecule has 0 bridgehead atoms. The normalized spacial score (nSPS) is 23.4. The van der Waals surface area contributed by atoms with Crippen LogP contribution < -0.4 is 5.32 Å². The van der Waals surface area contributed by atoms with Gasteiger partial charge in [0.1, 0.15) is 5.82 Å². The van der Waals surface area contributed by atoms with Crippen molar-refractivity contribution in [1.29, 1.82) is 0 Å². The van der Waals surface area contributed by atoms with Crippen LogP contribution in [0.4, 0.5) is 4.39 Å². The first-order valence-electron chi connectivity index (χ1n) is 9.33. The highest BCUT2D eigenvalue weighted by atomic mass is 19.1. The van der Waals surface area contributed by atoms with E-state index >= 15 is 0 Å². The number of aromatic nitrogens is 1. The summed E-state index contributed by atoms with van der Waals surface area (Å²) in [6.07, 6.45) is 4.64. The highest BCUT2D eigenvalue weighted by Crippen LogP contribution is 2.35. The van der Waals surface area contributed by atoms with Crippen molar-refractivity contribution in [2.75, 3.05) is 20.6 Å². The predicted molar refractivity (Wildman–Crippen MR) is 103 cm³/mol. The van der Waals surface area contributed by atoms with Crippen LogP contribution in [0.25, 0.3) is 10.9 Å². The number of nitrogens with one attached hydrogen (secondary N) is 1. The Bertz CT molecular complexity index is 820. The Balaban J connectivity index is 1.80. The molecule has 0 saturated heterocycles. The molecule has 26 heavy (non-hydrogen) atoms. The molecule has 5 heteroatoms. The minimum absolute atomic E-state index is 0.00857. The second-order valence-electron chi connectivity index (χ2n) is 7.96. The third kappa shape index (κ3) is 3.73. The Hall–Kier alpha value is -2.01. The smallest absolute Gasteiger partial charge is 0.253 e. The van der Waals surface area contributed by atoms with E-state index in [1.54, 1.807) is 19.1 Å². The van der Waals surface area contributed by atoms with Gasteiger partial charge in [-0.05, 0) is 58.0 Å². The van der Waals surface area contributed by atoms with E-state index in [-0.39, 0.29) is 17.3 Å². The van der Waals surface area contributed by atoms with Gasteiger partial charge in [0, 0.05) is 23.5 Å². The largest absolute Gasteiger partial charge is 0.350 e. The van der Waals surface area contributed by atoms with Crippen LogP contribution in [-0.4, -0.2) is 42.0 Å². The number of halogens is 1. The first-order valence-corrected chi connectivity index (χ1v) is 9.33. The number of benzene rings is 1. The molecular weight excluding hydrogens is 329 g/mol. The molecule has 0 aliphatic heterocycles. The number of amides is 1. The van der Waals surface area contributed by atoms with E-state index in [1.165, 1.54) is 25.0 Å². The molecule has 1 heterocycles. The Labute approximate surface area is 154 Å². The third-order valence-corrected chi connectivity index (χ3v) is 5.81. The number of carbonyl (C=O) groups is 1. The molecule has 3 rings (SSSR count). The molecular formula is C21H28FN3O. The van der Waals surface area contributed by atoms with E-state index in [0.29, 0.717) is 29.2 Å². The summed E-state index contributed by atoms with van der Waals surface area (Å²) in [5.74, 6) is 0.239. The van der Waals surface area contributed by atoms with Crippen molar-refractivity contribution >= 4 is 16.8 Å². The second-order valence-corrected chi connectivity index (χ2v) is 7.96. The van der Waals surface area contributed by atoms with Gasteiger partial charge in [0.2, 0.25) is 0 Å². The molecule has 4 nitrogen and oxygen atoms in total. The van der Waals surface area contributed by atoms with Crippen molar-refractivity contribution < 1.29 is 9.18 Å². The maximum Gasteiger partial charge on any atom is 0.253 e. The molecule has 2 atom stereocenters. The molecule has 2 aromatic rings. The summed E-state index contributed by atoms with van der Waals surface area (Å²) in [7, 11) is 4.20. The van der Waals surface area contributed by atoms with Gasteiger partial charge in [-0.1, -0.05) is 19.8 Å². The Morgan fingerprint density at radius 1 is 1.38 bits per heavy atom. The molecule has 1 saturated carbocycles. The van der Waals surface area contributed by atoms with Gasteiger partial charge in [0.05, 0.1) is 16.8 Å². The number of hydrogen-bond donors (Lipinski definition) is 1. The maximum atomic E-state index is 13.4. The molecule has 1 aliphatic carbocycles. The molecule has 0 spiro atoms. The molecule has 1 aromatic heterocycles. The van der Waals surface area contributed by atoms with Crippen LogP contribution in [-0.2, 0) is 0 Å². The minimum Gasteiger partial charge on any atom is -0.350 e. The fourth-order valence-electron chi connectivity index (χ4n) is 4.16. The summed E-state index contributed by atoms with van der Waals surface area (Å²) in [5, 5.41) is 3.91. The summed E-state index contributed by atoms with van der Waals surface area (Å²) in [6, 6.07) is 6.26. The third-order valence-electron chi connectivity index (χ3n) is 5.81. The van der Waals surface area contributed by atoms with E-state index in [4.69, 9.17) is 0 Å². The van der Waals surface area contributed by atoms with Crippen LogP contribution in [0.15, 0.2) is 24.3 Å². The van der Waals surface area contributed by atoms with Gasteiger partial charge >= 0.3 is 0 Å². The number of fused-ring (bicyclic) bond motifs is 1. The zero-order chi connectivity index (χ0) is 18.9. The van der Waals surface area contributed by atoms with Crippen molar-refractivity contribution in [2.24, 2.45) is 5.92 Å². The highest BCUT2D eigenvalue weighted by molar-refractivity contribution is 5.98. The standard InChI is InChI=1S/C21H28FN3O/c1-14-6-5-9-21(12-14,25(3)4)13-23-20(26)18-10-16-7-8-17(22)11-19(16)24-15(18)2/h7-8,10-11,14H,5-6,9,12-13H2,1-4H3,(H,23,26)/t14-,21+/m0/s1. The summed E-state index contributed by atoms with van der Waals surface area (Å²) < 4.78 is 13.4. The van der Waals surface area contributed by atoms with Crippen molar-refractivity contribution in [1.82, 2.24) is 15.2 Å². The van der Waals surface area contributed by atoms with Crippen molar-refractivity contribution in [3.8, 4) is 0 Å². The molecule has 0 radical (unpaired) electrons. The van der Waals surface area contributed by atoms with Crippen molar-refractivity contribution in [2.45, 2.75) is 45.1 Å². The minimum atomic E-state index is -0.319. The summed E-state index contributed by atoms with van der Waals surface area (Å²) >= 11 is 0. The average Bonchev–Trinajstić information content (AvgIpc) is 2.59. The number of nitrogens with zero attached hydrogens (tertiary/aromatic N) is 2. The zero-order valence-electron chi connectivity index (χ0n) is 16.1. The number of likely N-dealkylation sites (N-methyl/N-ethyl adjacent to an activating group) is 1. The lowest BCUT2D eigenvalue weighted by atomic mass is 9.75. The predicted octanol–water partition coefficient (Wildman–Crippen LogP) is 3.92. The lowest BCUT2D eigenvalue weighted by Gasteiger charge is -2.45. The molecule has 1 aliphatic rings. The summed E-state index contributed by atoms with van der Waals surface area (Å²) in [5.41, 5.74) is 1.76. The topological polar surface area (TPSA) is 45.2 Å². The van der Waals surface area contributed by atoms with Crippen LogP contribution in [0.2, 0.25) is 0 Å². The van der Waals surface area contributed by atoms with E-state index < -0.39 is 0 Å². The SMILES string of the molecule is Cc1nc2cc(F)ccc2cc1C(=O)NC[C@@]1(N(C)C)CCC[C@H](C)C1. The van der Waals surface area contributed by atoms with Crippen LogP contribution >= 0.6 is 0 Å². The monoisotopic (exact) mass is 357 g/mol. The first-order chi connectivity index (χ1) is 12.3. The van der Waals surface area contributed by atoms with Gasteiger partial charge in [-0.15, -0.1) is 0 Å². The van der Waals surface area contributed by atoms with Gasteiger partial charge in [-0.2, -0.15) is 0 Å². The van der Waals surface area contributed by atoms with Gasteiger partial charge in [0.25, 0.3) is 5.91 Å². The van der Waals surface area contributed by atoms with E-state index in [9.17, 15) is 9.18 Å². The fraction of sp³-hybridized carbons (Fsp3) is 0.524. The van der Waals surface area contributed by atoms with Gasteiger partial charge in [-0.25, -0.2) is 4.39 Å². The Kier molecular flexibility index (Phi) is 5.28. The number of carbonyl (C=O) groups excluding carboxylic acids is 1. The van der Waals surface area contributed by atoms with E-state index in [2.05, 4.69) is 36.2 Å². The van der Waals surface area contributed by atoms with Gasteiger partial charge < -0.3 is 10.2 Å². The quantitative estimate of drug-likeness (QED) is 0.902.